The molecule has 2 aromatic carbocycles. The van der Waals surface area contributed by atoms with Crippen LogP contribution < -0.4 is 10.1 Å². The molecule has 0 bridgehead atoms. The first kappa shape index (κ1) is 16.0. The molecular formula is C18H21NO3. The Labute approximate surface area is 130 Å². The van der Waals surface area contributed by atoms with Gasteiger partial charge in [-0.25, -0.2) is 0 Å². The smallest absolute Gasteiger partial charge is 0.321 e. The highest BCUT2D eigenvalue weighted by Crippen LogP contribution is 2.19. The summed E-state index contributed by atoms with van der Waals surface area (Å²) in [6.45, 7) is 2.45. The van der Waals surface area contributed by atoms with Crippen LogP contribution in [0.5, 0.6) is 5.75 Å². The van der Waals surface area contributed by atoms with Gasteiger partial charge in [0.1, 0.15) is 11.8 Å². The second kappa shape index (κ2) is 7.61. The van der Waals surface area contributed by atoms with Crippen LogP contribution in [-0.4, -0.2) is 24.2 Å². The number of nitrogens with one attached hydrogen (secondary N) is 1. The van der Waals surface area contributed by atoms with E-state index in [-0.39, 0.29) is 0 Å². The molecule has 4 nitrogen and oxygen atoms in total. The number of aliphatic carboxylic acids is 1. The van der Waals surface area contributed by atoms with Gasteiger partial charge in [-0.2, -0.15) is 0 Å². The van der Waals surface area contributed by atoms with E-state index in [1.807, 2.05) is 55.5 Å². The number of rotatable bonds is 7. The van der Waals surface area contributed by atoms with Gasteiger partial charge in [0.2, 0.25) is 0 Å². The monoisotopic (exact) mass is 299 g/mol. The molecule has 0 radical (unpaired) electrons. The van der Waals surface area contributed by atoms with E-state index in [4.69, 9.17) is 4.74 Å². The van der Waals surface area contributed by atoms with Crippen LogP contribution >= 0.6 is 0 Å². The van der Waals surface area contributed by atoms with Crippen molar-refractivity contribution in [2.75, 3.05) is 7.11 Å². The van der Waals surface area contributed by atoms with Gasteiger partial charge in [0.05, 0.1) is 7.11 Å². The zero-order valence-corrected chi connectivity index (χ0v) is 12.9. The third kappa shape index (κ3) is 4.33. The van der Waals surface area contributed by atoms with Crippen LogP contribution in [0.15, 0.2) is 48.5 Å². The Balaban J connectivity index is 2.06. The van der Waals surface area contributed by atoms with E-state index < -0.39 is 12.0 Å². The summed E-state index contributed by atoms with van der Waals surface area (Å²) in [6.07, 6.45) is 0.449. The fourth-order valence-corrected chi connectivity index (χ4v) is 2.38. The molecule has 4 heteroatoms. The van der Waals surface area contributed by atoms with Crippen molar-refractivity contribution in [3.63, 3.8) is 0 Å². The largest absolute Gasteiger partial charge is 0.496 e. The number of benzene rings is 2. The van der Waals surface area contributed by atoms with Crippen LogP contribution in [0.4, 0.5) is 0 Å². The number of methoxy groups -OCH3 is 1. The summed E-state index contributed by atoms with van der Waals surface area (Å²) in [5.74, 6) is -0.0857. The number of hydrogen-bond acceptors (Lipinski definition) is 3. The van der Waals surface area contributed by atoms with Gasteiger partial charge in [0.25, 0.3) is 0 Å². The third-order valence-electron chi connectivity index (χ3n) is 3.56. The minimum atomic E-state index is -0.851. The normalized spacial score (nSPS) is 11.9. The predicted octanol–water partition coefficient (Wildman–Crippen LogP) is 2.79. The molecule has 2 aromatic rings. The lowest BCUT2D eigenvalue weighted by atomic mass is 10.1. The molecule has 0 saturated heterocycles. The number of carboxylic acids is 1. The number of ether oxygens (including phenoxy) is 1. The first-order valence-electron chi connectivity index (χ1n) is 7.24. The Kier molecular flexibility index (Phi) is 5.55. The minimum Gasteiger partial charge on any atom is -0.496 e. The summed E-state index contributed by atoms with van der Waals surface area (Å²) in [5.41, 5.74) is 3.08. The first-order valence-corrected chi connectivity index (χ1v) is 7.24. The van der Waals surface area contributed by atoms with Gasteiger partial charge in [0.15, 0.2) is 0 Å². The second-order valence-electron chi connectivity index (χ2n) is 5.28. The van der Waals surface area contributed by atoms with E-state index in [9.17, 15) is 9.90 Å². The van der Waals surface area contributed by atoms with E-state index >= 15 is 0 Å². The van der Waals surface area contributed by atoms with Crippen molar-refractivity contribution in [1.82, 2.24) is 5.32 Å². The molecule has 1 atom stereocenters. The number of aryl methyl sites for hydroxylation is 1. The summed E-state index contributed by atoms with van der Waals surface area (Å²) in [5, 5.41) is 12.5. The molecule has 0 fully saturated rings. The Bertz CT molecular complexity index is 625. The van der Waals surface area contributed by atoms with Crippen LogP contribution in [0, 0.1) is 6.92 Å². The molecule has 0 aromatic heterocycles. The Morgan fingerprint density at radius 2 is 1.95 bits per heavy atom. The van der Waals surface area contributed by atoms with Gasteiger partial charge in [-0.05, 0) is 25.0 Å². The highest BCUT2D eigenvalue weighted by molar-refractivity contribution is 5.73. The lowest BCUT2D eigenvalue weighted by Crippen LogP contribution is -2.38. The quantitative estimate of drug-likeness (QED) is 0.825. The van der Waals surface area contributed by atoms with Gasteiger partial charge in [-0.15, -0.1) is 0 Å². The fourth-order valence-electron chi connectivity index (χ4n) is 2.38. The summed E-state index contributed by atoms with van der Waals surface area (Å²) in [7, 11) is 1.62. The molecule has 0 unspecified atom stereocenters. The summed E-state index contributed by atoms with van der Waals surface area (Å²) in [6, 6.07) is 14.9. The van der Waals surface area contributed by atoms with Crippen molar-refractivity contribution in [3.05, 3.63) is 65.2 Å². The van der Waals surface area contributed by atoms with E-state index in [1.54, 1.807) is 7.11 Å². The van der Waals surface area contributed by atoms with E-state index in [2.05, 4.69) is 5.32 Å². The molecule has 0 saturated carbocycles. The lowest BCUT2D eigenvalue weighted by Gasteiger charge is -2.16. The molecule has 0 spiro atoms. The maximum Gasteiger partial charge on any atom is 0.321 e. The zero-order chi connectivity index (χ0) is 15.9. The van der Waals surface area contributed by atoms with E-state index in [0.717, 1.165) is 22.4 Å². The average molecular weight is 299 g/mol. The minimum absolute atomic E-state index is 0.449. The highest BCUT2D eigenvalue weighted by atomic mass is 16.5. The van der Waals surface area contributed by atoms with Crippen LogP contribution in [0.1, 0.15) is 16.7 Å². The van der Waals surface area contributed by atoms with Crippen molar-refractivity contribution >= 4 is 5.97 Å². The Hall–Kier alpha value is -2.33. The molecule has 0 aliphatic rings. The predicted molar refractivity (Wildman–Crippen MR) is 86.1 cm³/mol. The molecule has 0 aliphatic heterocycles. The van der Waals surface area contributed by atoms with Crippen LogP contribution in [-0.2, 0) is 17.8 Å². The van der Waals surface area contributed by atoms with Crippen LogP contribution in [0.2, 0.25) is 0 Å². The molecule has 116 valence electrons. The number of carboxylic acid groups (broad SMARTS) is 1. The molecule has 0 aliphatic carbocycles. The number of carbonyl (C=O) groups is 1. The highest BCUT2D eigenvalue weighted by Gasteiger charge is 2.18. The Morgan fingerprint density at radius 1 is 1.23 bits per heavy atom. The van der Waals surface area contributed by atoms with Crippen molar-refractivity contribution in [2.24, 2.45) is 0 Å². The first-order chi connectivity index (χ1) is 10.6. The zero-order valence-electron chi connectivity index (χ0n) is 12.9. The van der Waals surface area contributed by atoms with Crippen LogP contribution in [0.25, 0.3) is 0 Å². The lowest BCUT2D eigenvalue weighted by molar-refractivity contribution is -0.139. The standard InChI is InChI=1S/C18H21NO3/c1-13-8-9-17(22-2)15(10-13)12-19-16(18(20)21)11-14-6-4-3-5-7-14/h3-10,16,19H,11-12H2,1-2H3,(H,20,21)/t16-/m1/s1. The van der Waals surface area contributed by atoms with Crippen molar-refractivity contribution < 1.29 is 14.6 Å². The fraction of sp³-hybridized carbons (Fsp3) is 0.278. The molecule has 22 heavy (non-hydrogen) atoms. The number of hydrogen-bond donors (Lipinski definition) is 2. The van der Waals surface area contributed by atoms with Gasteiger partial charge in [0, 0.05) is 12.1 Å². The van der Waals surface area contributed by atoms with E-state index in [1.165, 1.54) is 0 Å². The molecule has 0 amide bonds. The van der Waals surface area contributed by atoms with Gasteiger partial charge < -0.3 is 9.84 Å². The van der Waals surface area contributed by atoms with Crippen molar-refractivity contribution in [1.29, 1.82) is 0 Å². The summed E-state index contributed by atoms with van der Waals surface area (Å²) < 4.78 is 5.32. The molecule has 2 rings (SSSR count). The maximum atomic E-state index is 11.5. The van der Waals surface area contributed by atoms with E-state index in [0.29, 0.717) is 13.0 Å². The second-order valence-corrected chi connectivity index (χ2v) is 5.28. The van der Waals surface area contributed by atoms with Crippen molar-refractivity contribution in [3.8, 4) is 5.75 Å². The summed E-state index contributed by atoms with van der Waals surface area (Å²) >= 11 is 0. The van der Waals surface area contributed by atoms with Gasteiger partial charge >= 0.3 is 5.97 Å². The topological polar surface area (TPSA) is 58.6 Å². The SMILES string of the molecule is COc1ccc(C)cc1CN[C@H](Cc1ccccc1)C(=O)O. The van der Waals surface area contributed by atoms with Crippen molar-refractivity contribution in [2.45, 2.75) is 25.9 Å². The Morgan fingerprint density at radius 3 is 2.59 bits per heavy atom. The average Bonchev–Trinajstić information content (AvgIpc) is 2.52. The molecular weight excluding hydrogens is 278 g/mol. The summed E-state index contributed by atoms with van der Waals surface area (Å²) in [4.78, 5) is 11.5. The maximum absolute atomic E-state index is 11.5. The van der Waals surface area contributed by atoms with Gasteiger partial charge in [-0.3, -0.25) is 10.1 Å². The van der Waals surface area contributed by atoms with Gasteiger partial charge in [-0.1, -0.05) is 48.0 Å². The van der Waals surface area contributed by atoms with Crippen LogP contribution in [0.3, 0.4) is 0 Å². The molecule has 0 heterocycles. The third-order valence-corrected chi connectivity index (χ3v) is 3.56. The molecule has 2 N–H and O–H groups in total.